The van der Waals surface area contributed by atoms with Crippen molar-refractivity contribution in [3.05, 3.63) is 44.8 Å². The number of nitrogens with zero attached hydrogens (tertiary/aromatic N) is 3. The second-order valence-corrected chi connectivity index (χ2v) is 3.83. The zero-order chi connectivity index (χ0) is 11.1. The largest absolute Gasteiger partial charge is 0.398 e. The Hall–Kier alpha value is -1.45. The maximum atomic E-state index is 8.07. The maximum absolute atomic E-state index is 8.07. The molecule has 0 atom stereocenters. The molecule has 1 aromatic rings. The predicted molar refractivity (Wildman–Crippen MR) is 66.2 cm³/mol. The molecule has 78 valence electrons. The SMILES string of the molecule is [N-]=[N+]=NCCC=Cc1cc(Br)ccc1N. The molecule has 0 saturated carbocycles. The number of hydrogen-bond acceptors (Lipinski definition) is 2. The highest BCUT2D eigenvalue weighted by molar-refractivity contribution is 9.10. The molecule has 4 nitrogen and oxygen atoms in total. The van der Waals surface area contributed by atoms with E-state index in [1.807, 2.05) is 30.4 Å². The number of anilines is 1. The average Bonchev–Trinajstić information content (AvgIpc) is 2.23. The summed E-state index contributed by atoms with van der Waals surface area (Å²) in [6.45, 7) is 0.473. The van der Waals surface area contributed by atoms with Crippen LogP contribution in [0.4, 0.5) is 5.69 Å². The normalized spacial score (nSPS) is 10.2. The van der Waals surface area contributed by atoms with Gasteiger partial charge in [-0.3, -0.25) is 0 Å². The summed E-state index contributed by atoms with van der Waals surface area (Å²) in [6, 6.07) is 5.68. The minimum atomic E-state index is 0.473. The molecule has 5 heteroatoms. The lowest BCUT2D eigenvalue weighted by Gasteiger charge is -2.00. The number of azide groups is 1. The molecule has 0 amide bonds. The van der Waals surface area contributed by atoms with Crippen molar-refractivity contribution in [2.45, 2.75) is 6.42 Å². The molecule has 1 aromatic carbocycles. The Morgan fingerprint density at radius 3 is 3.07 bits per heavy atom. The van der Waals surface area contributed by atoms with Gasteiger partial charge in [0.25, 0.3) is 0 Å². The van der Waals surface area contributed by atoms with E-state index in [0.29, 0.717) is 6.54 Å². The van der Waals surface area contributed by atoms with Gasteiger partial charge < -0.3 is 5.73 Å². The Bertz CT molecular complexity index is 408. The Balaban J connectivity index is 2.63. The third kappa shape index (κ3) is 4.06. The van der Waals surface area contributed by atoms with Crippen LogP contribution in [0.5, 0.6) is 0 Å². The zero-order valence-electron chi connectivity index (χ0n) is 8.10. The molecule has 2 N–H and O–H groups in total. The molecule has 0 aromatic heterocycles. The summed E-state index contributed by atoms with van der Waals surface area (Å²) < 4.78 is 0.992. The summed E-state index contributed by atoms with van der Waals surface area (Å²) in [7, 11) is 0. The summed E-state index contributed by atoms with van der Waals surface area (Å²) in [5.74, 6) is 0. The standard InChI is InChI=1S/C10H11BrN4/c11-9-4-5-10(12)8(7-9)3-1-2-6-14-15-13/h1,3-5,7H,2,6,12H2. The molecule has 0 aliphatic carbocycles. The summed E-state index contributed by atoms with van der Waals surface area (Å²) in [4.78, 5) is 2.67. The summed E-state index contributed by atoms with van der Waals surface area (Å²) >= 11 is 3.37. The quantitative estimate of drug-likeness (QED) is 0.291. The van der Waals surface area contributed by atoms with Gasteiger partial charge in [-0.25, -0.2) is 0 Å². The molecule has 0 radical (unpaired) electrons. The van der Waals surface area contributed by atoms with Gasteiger partial charge in [0.15, 0.2) is 0 Å². The van der Waals surface area contributed by atoms with Gasteiger partial charge in [-0.15, -0.1) is 0 Å². The fourth-order valence-electron chi connectivity index (χ4n) is 1.08. The molecule has 0 fully saturated rings. The van der Waals surface area contributed by atoms with Crippen molar-refractivity contribution < 1.29 is 0 Å². The van der Waals surface area contributed by atoms with Crippen LogP contribution in [-0.4, -0.2) is 6.54 Å². The smallest absolute Gasteiger partial charge is 0.0388 e. The van der Waals surface area contributed by atoms with Gasteiger partial charge in [-0.05, 0) is 35.7 Å². The van der Waals surface area contributed by atoms with Gasteiger partial charge in [0.1, 0.15) is 0 Å². The maximum Gasteiger partial charge on any atom is 0.0388 e. The number of benzene rings is 1. The van der Waals surface area contributed by atoms with E-state index in [1.165, 1.54) is 0 Å². The molecule has 0 spiro atoms. The van der Waals surface area contributed by atoms with E-state index < -0.39 is 0 Å². The minimum Gasteiger partial charge on any atom is -0.398 e. The molecule has 15 heavy (non-hydrogen) atoms. The summed E-state index contributed by atoms with van der Waals surface area (Å²) in [6.07, 6.45) is 4.58. The zero-order valence-corrected chi connectivity index (χ0v) is 9.68. The van der Waals surface area contributed by atoms with Gasteiger partial charge in [0.2, 0.25) is 0 Å². The van der Waals surface area contributed by atoms with Crippen LogP contribution in [0.2, 0.25) is 0 Å². The summed E-state index contributed by atoms with van der Waals surface area (Å²) in [5, 5.41) is 3.43. The first-order valence-electron chi connectivity index (χ1n) is 4.46. The fourth-order valence-corrected chi connectivity index (χ4v) is 1.46. The van der Waals surface area contributed by atoms with Crippen molar-refractivity contribution in [2.24, 2.45) is 5.11 Å². The van der Waals surface area contributed by atoms with Crippen LogP contribution >= 0.6 is 15.9 Å². The van der Waals surface area contributed by atoms with E-state index in [0.717, 1.165) is 22.1 Å². The van der Waals surface area contributed by atoms with Crippen LogP contribution < -0.4 is 5.73 Å². The molecular formula is C10H11BrN4. The van der Waals surface area contributed by atoms with Crippen molar-refractivity contribution in [1.29, 1.82) is 0 Å². The van der Waals surface area contributed by atoms with Gasteiger partial charge in [-0.1, -0.05) is 33.2 Å². The van der Waals surface area contributed by atoms with Gasteiger partial charge in [-0.2, -0.15) is 0 Å². The lowest BCUT2D eigenvalue weighted by molar-refractivity contribution is 0.996. The first-order chi connectivity index (χ1) is 7.24. The topological polar surface area (TPSA) is 74.8 Å². The van der Waals surface area contributed by atoms with Crippen LogP contribution in [-0.2, 0) is 0 Å². The van der Waals surface area contributed by atoms with E-state index in [9.17, 15) is 0 Å². The second-order valence-electron chi connectivity index (χ2n) is 2.92. The Labute approximate surface area is 96.5 Å². The monoisotopic (exact) mass is 266 g/mol. The second kappa shape index (κ2) is 6.11. The average molecular weight is 267 g/mol. The number of nitrogens with two attached hydrogens (primary N) is 1. The van der Waals surface area contributed by atoms with Crippen LogP contribution in [0.25, 0.3) is 16.5 Å². The van der Waals surface area contributed by atoms with Gasteiger partial charge in [0, 0.05) is 21.6 Å². The Morgan fingerprint density at radius 2 is 2.33 bits per heavy atom. The van der Waals surface area contributed by atoms with Crippen molar-refractivity contribution in [2.75, 3.05) is 12.3 Å². The number of halogens is 1. The van der Waals surface area contributed by atoms with E-state index in [1.54, 1.807) is 0 Å². The Kier molecular flexibility index (Phi) is 4.74. The van der Waals surface area contributed by atoms with Crippen LogP contribution in [0.1, 0.15) is 12.0 Å². The van der Waals surface area contributed by atoms with Crippen LogP contribution in [0.15, 0.2) is 33.9 Å². The first kappa shape index (κ1) is 11.6. The van der Waals surface area contributed by atoms with Crippen molar-refractivity contribution in [1.82, 2.24) is 0 Å². The third-order valence-corrected chi connectivity index (χ3v) is 2.30. The number of nitrogen functional groups attached to an aromatic ring is 1. The molecule has 0 saturated heterocycles. The molecule has 1 rings (SSSR count). The highest BCUT2D eigenvalue weighted by Gasteiger charge is 1.94. The van der Waals surface area contributed by atoms with Crippen LogP contribution in [0.3, 0.4) is 0 Å². The van der Waals surface area contributed by atoms with Gasteiger partial charge >= 0.3 is 0 Å². The number of rotatable bonds is 4. The number of hydrogen-bond donors (Lipinski definition) is 1. The molecular weight excluding hydrogens is 256 g/mol. The lowest BCUT2D eigenvalue weighted by Crippen LogP contribution is -1.88. The molecule has 0 heterocycles. The van der Waals surface area contributed by atoms with E-state index in [2.05, 4.69) is 26.0 Å². The Morgan fingerprint density at radius 1 is 1.53 bits per heavy atom. The van der Waals surface area contributed by atoms with Gasteiger partial charge in [0.05, 0.1) is 0 Å². The van der Waals surface area contributed by atoms with Crippen molar-refractivity contribution in [3.63, 3.8) is 0 Å². The fraction of sp³-hybridized carbons (Fsp3) is 0.200. The van der Waals surface area contributed by atoms with Crippen molar-refractivity contribution >= 4 is 27.7 Å². The molecule has 0 aliphatic heterocycles. The predicted octanol–water partition coefficient (Wildman–Crippen LogP) is 3.74. The molecule has 0 unspecified atom stereocenters. The minimum absolute atomic E-state index is 0.473. The van der Waals surface area contributed by atoms with E-state index in [4.69, 9.17) is 11.3 Å². The van der Waals surface area contributed by atoms with Crippen molar-refractivity contribution in [3.8, 4) is 0 Å². The molecule has 0 bridgehead atoms. The molecule has 0 aliphatic rings. The lowest BCUT2D eigenvalue weighted by atomic mass is 10.1. The van der Waals surface area contributed by atoms with E-state index in [-0.39, 0.29) is 0 Å². The highest BCUT2D eigenvalue weighted by Crippen LogP contribution is 2.19. The van der Waals surface area contributed by atoms with Crippen LogP contribution in [0, 0.1) is 0 Å². The first-order valence-corrected chi connectivity index (χ1v) is 5.26. The highest BCUT2D eigenvalue weighted by atomic mass is 79.9. The van der Waals surface area contributed by atoms with E-state index >= 15 is 0 Å². The summed E-state index contributed by atoms with van der Waals surface area (Å²) in [5.41, 5.74) is 15.5. The third-order valence-electron chi connectivity index (χ3n) is 1.81.